The van der Waals surface area contributed by atoms with E-state index in [9.17, 15) is 14.7 Å². The van der Waals surface area contributed by atoms with Gasteiger partial charge in [-0.1, -0.05) is 38.8 Å². The van der Waals surface area contributed by atoms with E-state index in [1.54, 1.807) is 24.3 Å². The standard InChI is InChI=1S/C17H25NO3/c1-4-10-17(21,11-5-2)12-18-16(20)15-8-6-14(7-9-15)13(3)19/h6-9,21H,4-5,10-12H2,1-3H3,(H,18,20). The number of hydrogen-bond donors (Lipinski definition) is 2. The van der Waals surface area contributed by atoms with Crippen molar-refractivity contribution in [2.45, 2.75) is 52.1 Å². The fourth-order valence-corrected chi connectivity index (χ4v) is 2.44. The first-order chi connectivity index (χ1) is 9.91. The average Bonchev–Trinajstić information content (AvgIpc) is 2.45. The molecule has 0 unspecified atom stereocenters. The fourth-order valence-electron chi connectivity index (χ4n) is 2.44. The summed E-state index contributed by atoms with van der Waals surface area (Å²) < 4.78 is 0. The number of ketones is 1. The Balaban J connectivity index is 2.65. The summed E-state index contributed by atoms with van der Waals surface area (Å²) in [4.78, 5) is 23.3. The zero-order valence-corrected chi connectivity index (χ0v) is 13.1. The average molecular weight is 291 g/mol. The van der Waals surface area contributed by atoms with E-state index in [2.05, 4.69) is 5.32 Å². The zero-order valence-electron chi connectivity index (χ0n) is 13.1. The van der Waals surface area contributed by atoms with Crippen molar-refractivity contribution in [3.05, 3.63) is 35.4 Å². The van der Waals surface area contributed by atoms with E-state index in [0.717, 1.165) is 12.8 Å². The summed E-state index contributed by atoms with van der Waals surface area (Å²) in [6, 6.07) is 6.54. The van der Waals surface area contributed by atoms with Crippen LogP contribution in [0.1, 0.15) is 67.2 Å². The van der Waals surface area contributed by atoms with Gasteiger partial charge < -0.3 is 10.4 Å². The number of amides is 1. The second-order valence-electron chi connectivity index (χ2n) is 5.54. The molecule has 1 aromatic rings. The van der Waals surface area contributed by atoms with E-state index in [1.165, 1.54) is 6.92 Å². The Morgan fingerprint density at radius 2 is 1.52 bits per heavy atom. The molecule has 21 heavy (non-hydrogen) atoms. The molecule has 0 aliphatic carbocycles. The molecule has 0 fully saturated rings. The molecule has 0 spiro atoms. The minimum atomic E-state index is -0.835. The number of carbonyl (C=O) groups is 2. The Morgan fingerprint density at radius 1 is 1.05 bits per heavy atom. The molecular formula is C17H25NO3. The van der Waals surface area contributed by atoms with Crippen molar-refractivity contribution in [3.63, 3.8) is 0 Å². The number of nitrogens with one attached hydrogen (secondary N) is 1. The molecule has 4 heteroatoms. The van der Waals surface area contributed by atoms with Gasteiger partial charge in [-0.3, -0.25) is 9.59 Å². The van der Waals surface area contributed by atoms with Gasteiger partial charge in [0.05, 0.1) is 5.60 Å². The quantitative estimate of drug-likeness (QED) is 0.724. The smallest absolute Gasteiger partial charge is 0.251 e. The van der Waals surface area contributed by atoms with Gasteiger partial charge in [0, 0.05) is 17.7 Å². The molecule has 4 nitrogen and oxygen atoms in total. The lowest BCUT2D eigenvalue weighted by molar-refractivity contribution is 0.0213. The second kappa shape index (κ2) is 7.93. The van der Waals surface area contributed by atoms with Crippen LogP contribution in [0.4, 0.5) is 0 Å². The zero-order chi connectivity index (χ0) is 15.9. The predicted octanol–water partition coefficient (Wildman–Crippen LogP) is 2.95. The Bertz CT molecular complexity index is 473. The molecule has 0 aromatic heterocycles. The highest BCUT2D eigenvalue weighted by Gasteiger charge is 2.25. The number of Topliss-reactive ketones (excluding diaryl/α,β-unsaturated/α-hetero) is 1. The van der Waals surface area contributed by atoms with E-state index in [-0.39, 0.29) is 18.2 Å². The molecule has 116 valence electrons. The van der Waals surface area contributed by atoms with Crippen LogP contribution < -0.4 is 5.32 Å². The van der Waals surface area contributed by atoms with E-state index in [0.29, 0.717) is 24.0 Å². The van der Waals surface area contributed by atoms with Crippen LogP contribution in [0.2, 0.25) is 0 Å². The van der Waals surface area contributed by atoms with Crippen LogP contribution in [0.5, 0.6) is 0 Å². The number of carbonyl (C=O) groups excluding carboxylic acids is 2. The number of hydrogen-bond acceptors (Lipinski definition) is 3. The maximum absolute atomic E-state index is 12.1. The molecule has 1 amide bonds. The van der Waals surface area contributed by atoms with E-state index < -0.39 is 5.60 Å². The van der Waals surface area contributed by atoms with Gasteiger partial charge in [-0.15, -0.1) is 0 Å². The number of aliphatic hydroxyl groups is 1. The van der Waals surface area contributed by atoms with Crippen LogP contribution in [0, 0.1) is 0 Å². The summed E-state index contributed by atoms with van der Waals surface area (Å²) in [7, 11) is 0. The monoisotopic (exact) mass is 291 g/mol. The van der Waals surface area contributed by atoms with Crippen molar-refractivity contribution in [1.82, 2.24) is 5.32 Å². The molecule has 0 atom stereocenters. The third-order valence-corrected chi connectivity index (χ3v) is 3.56. The predicted molar refractivity (Wildman–Crippen MR) is 83.5 cm³/mol. The SMILES string of the molecule is CCCC(O)(CCC)CNC(=O)c1ccc(C(C)=O)cc1. The van der Waals surface area contributed by atoms with Gasteiger partial charge in [-0.05, 0) is 31.9 Å². The van der Waals surface area contributed by atoms with Crippen molar-refractivity contribution < 1.29 is 14.7 Å². The normalized spacial score (nSPS) is 11.2. The summed E-state index contributed by atoms with van der Waals surface area (Å²) in [5.41, 5.74) is 0.244. The Morgan fingerprint density at radius 3 is 1.95 bits per heavy atom. The van der Waals surface area contributed by atoms with Gasteiger partial charge in [0.2, 0.25) is 0 Å². The molecule has 0 heterocycles. The van der Waals surface area contributed by atoms with Gasteiger partial charge in [-0.2, -0.15) is 0 Å². The Kier molecular flexibility index (Phi) is 6.56. The molecule has 0 saturated heterocycles. The van der Waals surface area contributed by atoms with Gasteiger partial charge >= 0.3 is 0 Å². The molecule has 2 N–H and O–H groups in total. The highest BCUT2D eigenvalue weighted by atomic mass is 16.3. The summed E-state index contributed by atoms with van der Waals surface area (Å²) in [6.45, 7) is 5.78. The number of rotatable bonds is 8. The first kappa shape index (κ1) is 17.4. The third-order valence-electron chi connectivity index (χ3n) is 3.56. The Labute approximate surface area is 126 Å². The molecular weight excluding hydrogens is 266 g/mol. The largest absolute Gasteiger partial charge is 0.388 e. The molecule has 0 saturated carbocycles. The minimum absolute atomic E-state index is 0.0257. The fraction of sp³-hybridized carbons (Fsp3) is 0.529. The highest BCUT2D eigenvalue weighted by Crippen LogP contribution is 2.18. The van der Waals surface area contributed by atoms with E-state index in [1.807, 2.05) is 13.8 Å². The van der Waals surface area contributed by atoms with Gasteiger partial charge in [0.15, 0.2) is 5.78 Å². The lowest BCUT2D eigenvalue weighted by atomic mass is 9.92. The highest BCUT2D eigenvalue weighted by molar-refractivity contribution is 5.97. The van der Waals surface area contributed by atoms with Crippen LogP contribution in [0.15, 0.2) is 24.3 Å². The molecule has 0 aliphatic rings. The lowest BCUT2D eigenvalue weighted by Crippen LogP contribution is -2.42. The summed E-state index contributed by atoms with van der Waals surface area (Å²) in [5, 5.41) is 13.2. The minimum Gasteiger partial charge on any atom is -0.388 e. The van der Waals surface area contributed by atoms with Gasteiger partial charge in [-0.25, -0.2) is 0 Å². The molecule has 0 bridgehead atoms. The number of benzene rings is 1. The first-order valence-corrected chi connectivity index (χ1v) is 7.53. The lowest BCUT2D eigenvalue weighted by Gasteiger charge is -2.27. The van der Waals surface area contributed by atoms with Crippen molar-refractivity contribution in [2.24, 2.45) is 0 Å². The summed E-state index contributed by atoms with van der Waals surface area (Å²) in [6.07, 6.45) is 3.09. The van der Waals surface area contributed by atoms with Crippen molar-refractivity contribution in [1.29, 1.82) is 0 Å². The van der Waals surface area contributed by atoms with E-state index in [4.69, 9.17) is 0 Å². The van der Waals surface area contributed by atoms with Crippen LogP contribution in [0.25, 0.3) is 0 Å². The maximum atomic E-state index is 12.1. The molecule has 0 radical (unpaired) electrons. The maximum Gasteiger partial charge on any atom is 0.251 e. The Hall–Kier alpha value is -1.68. The second-order valence-corrected chi connectivity index (χ2v) is 5.54. The van der Waals surface area contributed by atoms with Crippen LogP contribution >= 0.6 is 0 Å². The van der Waals surface area contributed by atoms with Crippen LogP contribution in [0.3, 0.4) is 0 Å². The van der Waals surface area contributed by atoms with Gasteiger partial charge in [0.25, 0.3) is 5.91 Å². The molecule has 1 aromatic carbocycles. The third kappa shape index (κ3) is 5.31. The topological polar surface area (TPSA) is 66.4 Å². The van der Waals surface area contributed by atoms with Gasteiger partial charge in [0.1, 0.15) is 0 Å². The summed E-state index contributed by atoms with van der Waals surface area (Å²) >= 11 is 0. The molecule has 1 rings (SSSR count). The van der Waals surface area contributed by atoms with Crippen molar-refractivity contribution in [3.8, 4) is 0 Å². The molecule has 0 aliphatic heterocycles. The first-order valence-electron chi connectivity index (χ1n) is 7.53. The van der Waals surface area contributed by atoms with Crippen LogP contribution in [-0.2, 0) is 0 Å². The summed E-state index contributed by atoms with van der Waals surface area (Å²) in [5.74, 6) is -0.252. The van der Waals surface area contributed by atoms with Crippen molar-refractivity contribution in [2.75, 3.05) is 6.54 Å². The van der Waals surface area contributed by atoms with Crippen LogP contribution in [-0.4, -0.2) is 28.9 Å². The van der Waals surface area contributed by atoms with E-state index >= 15 is 0 Å². The van der Waals surface area contributed by atoms with Crippen molar-refractivity contribution >= 4 is 11.7 Å².